The Morgan fingerprint density at radius 1 is 1.28 bits per heavy atom. The molecule has 0 amide bonds. The van der Waals surface area contributed by atoms with Gasteiger partial charge >= 0.3 is 0 Å². The number of nitrogens with zero attached hydrogens (tertiary/aromatic N) is 3. The van der Waals surface area contributed by atoms with Crippen LogP contribution >= 0.6 is 11.6 Å². The topological polar surface area (TPSA) is 55.0 Å². The molecule has 0 spiro atoms. The highest BCUT2D eigenvalue weighted by Gasteiger charge is 2.22. The van der Waals surface area contributed by atoms with Gasteiger partial charge in [0.15, 0.2) is 0 Å². The zero-order valence-corrected chi connectivity index (χ0v) is 10.2. The van der Waals surface area contributed by atoms with E-state index in [0.29, 0.717) is 5.82 Å². The second-order valence-corrected chi connectivity index (χ2v) is 4.47. The van der Waals surface area contributed by atoms with Crippen LogP contribution in [-0.4, -0.2) is 16.5 Å². The number of hydrogen-bond donors (Lipinski definition) is 1. The summed E-state index contributed by atoms with van der Waals surface area (Å²) in [5.41, 5.74) is 7.47. The van der Waals surface area contributed by atoms with Crippen LogP contribution in [0, 0.1) is 5.82 Å². The van der Waals surface area contributed by atoms with Gasteiger partial charge in [-0.2, -0.15) is 4.98 Å². The van der Waals surface area contributed by atoms with Crippen molar-refractivity contribution in [3.8, 4) is 0 Å². The van der Waals surface area contributed by atoms with Crippen molar-refractivity contribution in [2.24, 2.45) is 0 Å². The molecule has 0 bridgehead atoms. The number of benzene rings is 1. The average molecular weight is 265 g/mol. The fourth-order valence-corrected chi connectivity index (χ4v) is 2.34. The van der Waals surface area contributed by atoms with Gasteiger partial charge in [-0.25, -0.2) is 9.37 Å². The first kappa shape index (κ1) is 11.2. The maximum absolute atomic E-state index is 13.3. The normalized spacial score (nSPS) is 13.8. The summed E-state index contributed by atoms with van der Waals surface area (Å²) in [6.07, 6.45) is 0.844. The molecule has 0 saturated heterocycles. The summed E-state index contributed by atoms with van der Waals surface area (Å²) in [6.45, 7) is 0.728. The lowest BCUT2D eigenvalue weighted by Gasteiger charge is -2.18. The van der Waals surface area contributed by atoms with Crippen molar-refractivity contribution in [1.29, 1.82) is 0 Å². The van der Waals surface area contributed by atoms with E-state index in [4.69, 9.17) is 17.3 Å². The van der Waals surface area contributed by atoms with E-state index in [2.05, 4.69) is 9.97 Å². The van der Waals surface area contributed by atoms with Gasteiger partial charge in [-0.15, -0.1) is 0 Å². The number of aromatic nitrogens is 2. The zero-order chi connectivity index (χ0) is 12.7. The van der Waals surface area contributed by atoms with Crippen LogP contribution in [0.5, 0.6) is 0 Å². The molecule has 0 aliphatic carbocycles. The van der Waals surface area contributed by atoms with E-state index in [1.807, 2.05) is 4.90 Å². The van der Waals surface area contributed by atoms with Crippen molar-refractivity contribution in [2.75, 3.05) is 17.2 Å². The van der Waals surface area contributed by atoms with Crippen LogP contribution in [0.4, 0.5) is 21.8 Å². The predicted molar refractivity (Wildman–Crippen MR) is 68.6 cm³/mol. The molecule has 0 unspecified atom stereocenters. The molecule has 3 rings (SSSR count). The Balaban J connectivity index is 2.08. The van der Waals surface area contributed by atoms with Crippen LogP contribution in [-0.2, 0) is 6.42 Å². The lowest BCUT2D eigenvalue weighted by atomic mass is 10.2. The average Bonchev–Trinajstić information content (AvgIpc) is 2.70. The minimum Gasteiger partial charge on any atom is -0.368 e. The molecule has 92 valence electrons. The van der Waals surface area contributed by atoms with Crippen molar-refractivity contribution in [1.82, 2.24) is 9.97 Å². The monoisotopic (exact) mass is 264 g/mol. The summed E-state index contributed by atoms with van der Waals surface area (Å²) in [7, 11) is 0. The molecule has 4 nitrogen and oxygen atoms in total. The molecule has 1 aromatic carbocycles. The van der Waals surface area contributed by atoms with Crippen LogP contribution in [0.1, 0.15) is 5.56 Å². The van der Waals surface area contributed by atoms with Crippen molar-refractivity contribution < 1.29 is 4.39 Å². The van der Waals surface area contributed by atoms with E-state index < -0.39 is 0 Å². The number of halogens is 2. The van der Waals surface area contributed by atoms with Gasteiger partial charge in [0.1, 0.15) is 16.8 Å². The first-order valence-electron chi connectivity index (χ1n) is 5.49. The lowest BCUT2D eigenvalue weighted by molar-refractivity contribution is 0.628. The fourth-order valence-electron chi connectivity index (χ4n) is 2.15. The minimum atomic E-state index is -0.270. The second-order valence-electron chi connectivity index (χ2n) is 4.08. The van der Waals surface area contributed by atoms with Crippen molar-refractivity contribution in [3.63, 3.8) is 0 Å². The number of nitrogen functional groups attached to an aromatic ring is 1. The van der Waals surface area contributed by atoms with Gasteiger partial charge in [0.25, 0.3) is 0 Å². The summed E-state index contributed by atoms with van der Waals surface area (Å²) in [5, 5.41) is 0.280. The van der Waals surface area contributed by atoms with Crippen LogP contribution in [0.3, 0.4) is 0 Å². The van der Waals surface area contributed by atoms with E-state index in [1.165, 1.54) is 12.1 Å². The Hall–Kier alpha value is -1.88. The molecule has 2 heterocycles. The molecule has 6 heteroatoms. The van der Waals surface area contributed by atoms with E-state index in [9.17, 15) is 4.39 Å². The number of fused-ring (bicyclic) bond motifs is 1. The minimum absolute atomic E-state index is 0.113. The third-order valence-electron chi connectivity index (χ3n) is 2.92. The Labute approximate surface area is 108 Å². The maximum Gasteiger partial charge on any atom is 0.223 e. The van der Waals surface area contributed by atoms with Gasteiger partial charge in [0.2, 0.25) is 5.95 Å². The summed E-state index contributed by atoms with van der Waals surface area (Å²) >= 11 is 5.86. The molecule has 1 aromatic heterocycles. The SMILES string of the molecule is Nc1nc(Cl)cc(N2CCc3ccc(F)cc32)n1. The van der Waals surface area contributed by atoms with Crippen molar-refractivity contribution in [3.05, 3.63) is 40.8 Å². The Morgan fingerprint density at radius 3 is 2.89 bits per heavy atom. The van der Waals surface area contributed by atoms with E-state index in [-0.39, 0.29) is 16.9 Å². The number of nitrogens with two attached hydrogens (primary N) is 1. The zero-order valence-electron chi connectivity index (χ0n) is 9.40. The Morgan fingerprint density at radius 2 is 2.11 bits per heavy atom. The molecule has 1 aliphatic rings. The van der Waals surface area contributed by atoms with Gasteiger partial charge in [-0.1, -0.05) is 17.7 Å². The highest BCUT2D eigenvalue weighted by Crippen LogP contribution is 2.34. The third-order valence-corrected chi connectivity index (χ3v) is 3.11. The lowest BCUT2D eigenvalue weighted by Crippen LogP contribution is -2.16. The number of anilines is 3. The molecule has 0 fully saturated rings. The highest BCUT2D eigenvalue weighted by atomic mass is 35.5. The van der Waals surface area contributed by atoms with Gasteiger partial charge in [-0.3, -0.25) is 0 Å². The summed E-state index contributed by atoms with van der Waals surface area (Å²) in [6, 6.07) is 6.37. The van der Waals surface area contributed by atoms with Crippen molar-refractivity contribution in [2.45, 2.75) is 6.42 Å². The molecular weight excluding hydrogens is 255 g/mol. The van der Waals surface area contributed by atoms with Crippen LogP contribution in [0.15, 0.2) is 24.3 Å². The molecule has 18 heavy (non-hydrogen) atoms. The van der Waals surface area contributed by atoms with Gasteiger partial charge in [-0.05, 0) is 24.1 Å². The quantitative estimate of drug-likeness (QED) is 0.804. The van der Waals surface area contributed by atoms with Crippen molar-refractivity contribution >= 4 is 29.1 Å². The molecular formula is C12H10ClFN4. The standard InChI is InChI=1S/C12H10ClFN4/c13-10-6-11(17-12(15)16-10)18-4-3-7-1-2-8(14)5-9(7)18/h1-2,5-6H,3-4H2,(H2,15,16,17). The second kappa shape index (κ2) is 4.10. The fraction of sp³-hybridized carbons (Fsp3) is 0.167. The third kappa shape index (κ3) is 1.86. The maximum atomic E-state index is 13.3. The smallest absolute Gasteiger partial charge is 0.223 e. The summed E-state index contributed by atoms with van der Waals surface area (Å²) in [5.74, 6) is 0.438. The summed E-state index contributed by atoms with van der Waals surface area (Å²) in [4.78, 5) is 9.83. The summed E-state index contributed by atoms with van der Waals surface area (Å²) < 4.78 is 13.3. The highest BCUT2D eigenvalue weighted by molar-refractivity contribution is 6.29. The van der Waals surface area contributed by atoms with Gasteiger partial charge < -0.3 is 10.6 Å². The largest absolute Gasteiger partial charge is 0.368 e. The molecule has 0 saturated carbocycles. The first-order chi connectivity index (χ1) is 8.63. The Bertz CT molecular complexity index is 597. The van der Waals surface area contributed by atoms with Gasteiger partial charge in [0.05, 0.1) is 0 Å². The first-order valence-corrected chi connectivity index (χ1v) is 5.87. The van der Waals surface area contributed by atoms with Crippen LogP contribution in [0.2, 0.25) is 5.15 Å². The van der Waals surface area contributed by atoms with E-state index in [1.54, 1.807) is 12.1 Å². The molecule has 2 aromatic rings. The molecule has 1 aliphatic heterocycles. The molecule has 0 atom stereocenters. The van der Waals surface area contributed by atoms with Crippen LogP contribution in [0.25, 0.3) is 0 Å². The van der Waals surface area contributed by atoms with E-state index >= 15 is 0 Å². The molecule has 0 radical (unpaired) electrons. The molecule has 2 N–H and O–H groups in total. The Kier molecular flexibility index (Phi) is 2.56. The van der Waals surface area contributed by atoms with Crippen LogP contribution < -0.4 is 10.6 Å². The predicted octanol–water partition coefficient (Wildman–Crippen LogP) is 2.55. The van der Waals surface area contributed by atoms with Gasteiger partial charge in [0, 0.05) is 18.3 Å². The van der Waals surface area contributed by atoms with E-state index in [0.717, 1.165) is 24.2 Å². The number of rotatable bonds is 1. The number of hydrogen-bond acceptors (Lipinski definition) is 4.